The maximum Gasteiger partial charge on any atom is 0.228 e. The van der Waals surface area contributed by atoms with E-state index in [1.165, 1.54) is 18.4 Å². The molecule has 2 aliphatic rings. The fourth-order valence-electron chi connectivity index (χ4n) is 4.11. The van der Waals surface area contributed by atoms with Crippen LogP contribution < -0.4 is 10.6 Å². The SMILES string of the molecule is CCC1(C)CC(=O)N(C2CCC(C)CC2)c2ccc(N)cc21. The number of carbonyl (C=O) groups excluding carboxylic acids is 1. The molecular formula is C19H28N2O. The molecule has 0 saturated heterocycles. The van der Waals surface area contributed by atoms with E-state index in [2.05, 4.69) is 37.8 Å². The third-order valence-electron chi connectivity index (χ3n) is 5.87. The van der Waals surface area contributed by atoms with Gasteiger partial charge in [-0.1, -0.05) is 20.8 Å². The Morgan fingerprint density at radius 2 is 1.95 bits per heavy atom. The van der Waals surface area contributed by atoms with Crippen molar-refractivity contribution >= 4 is 17.3 Å². The van der Waals surface area contributed by atoms with Crippen molar-refractivity contribution in [1.29, 1.82) is 0 Å². The number of fused-ring (bicyclic) bond motifs is 1. The largest absolute Gasteiger partial charge is 0.399 e. The molecule has 0 aromatic heterocycles. The number of hydrogen-bond donors (Lipinski definition) is 1. The predicted molar refractivity (Wildman–Crippen MR) is 92.0 cm³/mol. The lowest BCUT2D eigenvalue weighted by molar-refractivity contribution is -0.121. The molecular weight excluding hydrogens is 272 g/mol. The molecule has 0 bridgehead atoms. The third-order valence-corrected chi connectivity index (χ3v) is 5.87. The van der Waals surface area contributed by atoms with E-state index in [0.717, 1.165) is 36.6 Å². The summed E-state index contributed by atoms with van der Waals surface area (Å²) in [6, 6.07) is 6.45. The second-order valence-electron chi connectivity index (χ2n) is 7.55. The van der Waals surface area contributed by atoms with Crippen LogP contribution in [-0.4, -0.2) is 11.9 Å². The number of anilines is 2. The van der Waals surface area contributed by atoms with Crippen LogP contribution >= 0.6 is 0 Å². The lowest BCUT2D eigenvalue weighted by Crippen LogP contribution is -2.49. The van der Waals surface area contributed by atoms with Crippen LogP contribution in [0.3, 0.4) is 0 Å². The van der Waals surface area contributed by atoms with Crippen molar-refractivity contribution in [2.45, 2.75) is 70.8 Å². The van der Waals surface area contributed by atoms with Crippen LogP contribution in [0.4, 0.5) is 11.4 Å². The van der Waals surface area contributed by atoms with Crippen molar-refractivity contribution in [1.82, 2.24) is 0 Å². The van der Waals surface area contributed by atoms with Crippen molar-refractivity contribution in [3.05, 3.63) is 23.8 Å². The number of rotatable bonds is 2. The Hall–Kier alpha value is -1.51. The van der Waals surface area contributed by atoms with Crippen molar-refractivity contribution in [2.75, 3.05) is 10.6 Å². The van der Waals surface area contributed by atoms with Gasteiger partial charge in [-0.25, -0.2) is 0 Å². The number of nitrogens with two attached hydrogens (primary N) is 1. The van der Waals surface area contributed by atoms with Gasteiger partial charge in [-0.3, -0.25) is 4.79 Å². The van der Waals surface area contributed by atoms with Crippen molar-refractivity contribution in [2.24, 2.45) is 5.92 Å². The molecule has 0 spiro atoms. The van der Waals surface area contributed by atoms with Crippen molar-refractivity contribution in [3.63, 3.8) is 0 Å². The Bertz CT molecular complexity index is 575. The fraction of sp³-hybridized carbons (Fsp3) is 0.632. The minimum atomic E-state index is -0.0831. The van der Waals surface area contributed by atoms with Gasteiger partial charge < -0.3 is 10.6 Å². The highest BCUT2D eigenvalue weighted by molar-refractivity contribution is 5.98. The van der Waals surface area contributed by atoms with E-state index < -0.39 is 0 Å². The molecule has 3 rings (SSSR count). The minimum absolute atomic E-state index is 0.0831. The Morgan fingerprint density at radius 3 is 2.59 bits per heavy atom. The molecule has 22 heavy (non-hydrogen) atoms. The number of nitrogens with zero attached hydrogens (tertiary/aromatic N) is 1. The molecule has 1 aromatic rings. The molecule has 1 unspecified atom stereocenters. The molecule has 1 aliphatic carbocycles. The molecule has 1 heterocycles. The zero-order valence-corrected chi connectivity index (χ0v) is 14.1. The number of amides is 1. The molecule has 1 fully saturated rings. The number of hydrogen-bond acceptors (Lipinski definition) is 2. The van der Waals surface area contributed by atoms with Crippen molar-refractivity contribution in [3.8, 4) is 0 Å². The predicted octanol–water partition coefficient (Wildman–Crippen LogP) is 4.25. The van der Waals surface area contributed by atoms with E-state index in [-0.39, 0.29) is 5.41 Å². The second kappa shape index (κ2) is 5.60. The fourth-order valence-corrected chi connectivity index (χ4v) is 4.11. The van der Waals surface area contributed by atoms with Crippen LogP contribution in [0.15, 0.2) is 18.2 Å². The Kier molecular flexibility index (Phi) is 3.92. The summed E-state index contributed by atoms with van der Waals surface area (Å²) < 4.78 is 0. The van der Waals surface area contributed by atoms with Gasteiger partial charge in [-0.15, -0.1) is 0 Å². The van der Waals surface area contributed by atoms with Gasteiger partial charge in [0, 0.05) is 29.3 Å². The molecule has 1 saturated carbocycles. The number of benzene rings is 1. The zero-order valence-electron chi connectivity index (χ0n) is 14.1. The van der Waals surface area contributed by atoms with Gasteiger partial charge in [0.2, 0.25) is 5.91 Å². The van der Waals surface area contributed by atoms with E-state index in [9.17, 15) is 4.79 Å². The molecule has 3 nitrogen and oxygen atoms in total. The summed E-state index contributed by atoms with van der Waals surface area (Å²) in [5.41, 5.74) is 9.11. The van der Waals surface area contributed by atoms with Gasteiger partial charge in [0.25, 0.3) is 0 Å². The van der Waals surface area contributed by atoms with Gasteiger partial charge in [-0.05, 0) is 61.8 Å². The second-order valence-corrected chi connectivity index (χ2v) is 7.55. The first-order valence-corrected chi connectivity index (χ1v) is 8.66. The summed E-state index contributed by atoms with van der Waals surface area (Å²) in [6.07, 6.45) is 6.27. The Labute approximate surface area is 133 Å². The maximum atomic E-state index is 12.9. The minimum Gasteiger partial charge on any atom is -0.399 e. The van der Waals surface area contributed by atoms with Crippen LogP contribution in [0.5, 0.6) is 0 Å². The van der Waals surface area contributed by atoms with Crippen LogP contribution in [0.2, 0.25) is 0 Å². The topological polar surface area (TPSA) is 46.3 Å². The molecule has 1 aliphatic heterocycles. The molecule has 3 heteroatoms. The Balaban J connectivity index is 2.01. The standard InChI is InChI=1S/C19H28N2O/c1-4-19(3)12-18(22)21(15-8-5-13(2)6-9-15)17-10-7-14(20)11-16(17)19/h7,10-11,13,15H,4-6,8-9,12,20H2,1-3H3. The lowest BCUT2D eigenvalue weighted by atomic mass is 9.72. The van der Waals surface area contributed by atoms with Gasteiger partial charge in [0.05, 0.1) is 0 Å². The molecule has 2 N–H and O–H groups in total. The smallest absolute Gasteiger partial charge is 0.228 e. The normalized spacial score (nSPS) is 32.0. The Morgan fingerprint density at radius 1 is 1.27 bits per heavy atom. The van der Waals surface area contributed by atoms with Gasteiger partial charge in [0.1, 0.15) is 0 Å². The van der Waals surface area contributed by atoms with Gasteiger partial charge in [-0.2, -0.15) is 0 Å². The third kappa shape index (κ3) is 2.51. The summed E-state index contributed by atoms with van der Waals surface area (Å²) in [4.78, 5) is 15.0. The maximum absolute atomic E-state index is 12.9. The first-order chi connectivity index (χ1) is 10.4. The number of nitrogen functional groups attached to an aromatic ring is 1. The molecule has 1 aromatic carbocycles. The average Bonchev–Trinajstić information content (AvgIpc) is 2.50. The van der Waals surface area contributed by atoms with Gasteiger partial charge in [0.15, 0.2) is 0 Å². The first-order valence-electron chi connectivity index (χ1n) is 8.66. The van der Waals surface area contributed by atoms with Crippen LogP contribution in [0, 0.1) is 5.92 Å². The van der Waals surface area contributed by atoms with Crippen LogP contribution in [0.25, 0.3) is 0 Å². The molecule has 1 atom stereocenters. The highest BCUT2D eigenvalue weighted by Gasteiger charge is 2.41. The summed E-state index contributed by atoms with van der Waals surface area (Å²) in [5, 5.41) is 0. The summed E-state index contributed by atoms with van der Waals surface area (Å²) in [5.74, 6) is 1.09. The highest BCUT2D eigenvalue weighted by atomic mass is 16.2. The lowest BCUT2D eigenvalue weighted by Gasteiger charge is -2.45. The summed E-state index contributed by atoms with van der Waals surface area (Å²) in [6.45, 7) is 6.68. The van der Waals surface area contributed by atoms with Crippen LogP contribution in [0.1, 0.15) is 64.9 Å². The van der Waals surface area contributed by atoms with Crippen molar-refractivity contribution < 1.29 is 4.79 Å². The van der Waals surface area contributed by atoms with E-state index in [1.807, 2.05) is 6.07 Å². The van der Waals surface area contributed by atoms with E-state index >= 15 is 0 Å². The zero-order chi connectivity index (χ0) is 15.9. The molecule has 0 radical (unpaired) electrons. The quantitative estimate of drug-likeness (QED) is 0.830. The van der Waals surface area contributed by atoms with E-state index in [0.29, 0.717) is 18.4 Å². The summed E-state index contributed by atoms with van der Waals surface area (Å²) >= 11 is 0. The first kappa shape index (κ1) is 15.4. The average molecular weight is 300 g/mol. The van der Waals surface area contributed by atoms with Crippen LogP contribution in [-0.2, 0) is 10.2 Å². The highest BCUT2D eigenvalue weighted by Crippen LogP contribution is 2.45. The van der Waals surface area contributed by atoms with E-state index in [1.54, 1.807) is 0 Å². The van der Waals surface area contributed by atoms with E-state index in [4.69, 9.17) is 5.73 Å². The van der Waals surface area contributed by atoms with Gasteiger partial charge >= 0.3 is 0 Å². The summed E-state index contributed by atoms with van der Waals surface area (Å²) in [7, 11) is 0. The monoisotopic (exact) mass is 300 g/mol. The number of carbonyl (C=O) groups is 1. The molecule has 120 valence electrons. The molecule has 1 amide bonds.